The van der Waals surface area contributed by atoms with Crippen molar-refractivity contribution >= 4 is 0 Å². The molecule has 4 nitrogen and oxygen atoms in total. The van der Waals surface area contributed by atoms with E-state index in [2.05, 4.69) is 0 Å². The van der Waals surface area contributed by atoms with E-state index >= 15 is 0 Å². The fourth-order valence-electron chi connectivity index (χ4n) is 2.70. The van der Waals surface area contributed by atoms with Gasteiger partial charge >= 0.3 is 0 Å². The smallest absolute Gasteiger partial charge is 0.116 e. The molecule has 1 N–H and O–H groups in total. The fourth-order valence-corrected chi connectivity index (χ4v) is 2.70. The molecule has 0 saturated heterocycles. The summed E-state index contributed by atoms with van der Waals surface area (Å²) in [6.07, 6.45) is -0.874. The number of aliphatic hydroxyl groups is 1. The maximum atomic E-state index is 11.0. The van der Waals surface area contributed by atoms with Gasteiger partial charge in [0, 0.05) is 6.61 Å². The van der Waals surface area contributed by atoms with Crippen molar-refractivity contribution in [3.8, 4) is 0 Å². The maximum Gasteiger partial charge on any atom is 0.116 e. The molecule has 0 fully saturated rings. The van der Waals surface area contributed by atoms with Gasteiger partial charge in [-0.2, -0.15) is 0 Å². The average Bonchev–Trinajstić information content (AvgIpc) is 2.66. The van der Waals surface area contributed by atoms with Crippen LogP contribution in [0.25, 0.3) is 0 Å². The SMILES string of the molecule is CCOC(C)C(C)(O)[C@@H](COCc1ccccc1)OCc1ccccc1. The molecule has 2 aromatic rings. The Balaban J connectivity index is 1.99. The van der Waals surface area contributed by atoms with E-state index < -0.39 is 11.7 Å². The lowest BCUT2D eigenvalue weighted by atomic mass is 9.93. The Morgan fingerprint density at radius 2 is 1.42 bits per heavy atom. The van der Waals surface area contributed by atoms with E-state index in [0.717, 1.165) is 11.1 Å². The van der Waals surface area contributed by atoms with E-state index in [-0.39, 0.29) is 12.7 Å². The second-order valence-corrected chi connectivity index (χ2v) is 6.61. The summed E-state index contributed by atoms with van der Waals surface area (Å²) in [5.74, 6) is 0. The molecule has 2 rings (SSSR count). The first-order chi connectivity index (χ1) is 12.5. The summed E-state index contributed by atoms with van der Waals surface area (Å²) < 4.78 is 17.5. The molecular formula is C22H30O4. The average molecular weight is 358 g/mol. The minimum atomic E-state index is -1.17. The zero-order valence-electron chi connectivity index (χ0n) is 15.9. The van der Waals surface area contributed by atoms with Crippen molar-refractivity contribution in [2.45, 2.75) is 51.8 Å². The Hall–Kier alpha value is -1.72. The van der Waals surface area contributed by atoms with Gasteiger partial charge in [0.25, 0.3) is 0 Å². The molecule has 2 unspecified atom stereocenters. The van der Waals surface area contributed by atoms with Crippen molar-refractivity contribution in [3.05, 3.63) is 71.8 Å². The number of hydrogen-bond donors (Lipinski definition) is 1. The Morgan fingerprint density at radius 1 is 0.885 bits per heavy atom. The van der Waals surface area contributed by atoms with Gasteiger partial charge in [0.05, 0.1) is 25.9 Å². The van der Waals surface area contributed by atoms with Gasteiger partial charge in [0.15, 0.2) is 0 Å². The third kappa shape index (κ3) is 6.22. The van der Waals surface area contributed by atoms with Crippen LogP contribution in [0.5, 0.6) is 0 Å². The third-order valence-corrected chi connectivity index (χ3v) is 4.57. The van der Waals surface area contributed by atoms with Gasteiger partial charge in [0.1, 0.15) is 11.7 Å². The predicted octanol–water partition coefficient (Wildman–Crippen LogP) is 3.96. The van der Waals surface area contributed by atoms with Crippen molar-refractivity contribution in [2.24, 2.45) is 0 Å². The zero-order chi connectivity index (χ0) is 18.8. The number of benzene rings is 2. The van der Waals surface area contributed by atoms with Crippen LogP contribution < -0.4 is 0 Å². The zero-order valence-corrected chi connectivity index (χ0v) is 15.9. The topological polar surface area (TPSA) is 47.9 Å². The normalized spacial score (nSPS) is 16.0. The first-order valence-corrected chi connectivity index (χ1v) is 9.15. The highest BCUT2D eigenvalue weighted by molar-refractivity contribution is 5.14. The van der Waals surface area contributed by atoms with E-state index in [4.69, 9.17) is 14.2 Å². The molecule has 4 heteroatoms. The second kappa shape index (κ2) is 10.4. The van der Waals surface area contributed by atoms with Gasteiger partial charge < -0.3 is 19.3 Å². The largest absolute Gasteiger partial charge is 0.385 e. The molecule has 0 radical (unpaired) electrons. The lowest BCUT2D eigenvalue weighted by Gasteiger charge is -2.37. The number of ether oxygens (including phenoxy) is 3. The summed E-state index contributed by atoms with van der Waals surface area (Å²) in [5.41, 5.74) is 0.980. The molecule has 0 bridgehead atoms. The monoisotopic (exact) mass is 358 g/mol. The van der Waals surface area contributed by atoms with Crippen LogP contribution in [-0.4, -0.2) is 36.1 Å². The van der Waals surface area contributed by atoms with Crippen molar-refractivity contribution in [1.82, 2.24) is 0 Å². The minimum absolute atomic E-state index is 0.284. The van der Waals surface area contributed by atoms with Gasteiger partial charge in [-0.05, 0) is 31.9 Å². The third-order valence-electron chi connectivity index (χ3n) is 4.57. The van der Waals surface area contributed by atoms with Gasteiger partial charge in [-0.25, -0.2) is 0 Å². The van der Waals surface area contributed by atoms with E-state index in [9.17, 15) is 5.11 Å². The molecular weight excluding hydrogens is 328 g/mol. The molecule has 0 aliphatic heterocycles. The molecule has 26 heavy (non-hydrogen) atoms. The second-order valence-electron chi connectivity index (χ2n) is 6.61. The fraction of sp³-hybridized carbons (Fsp3) is 0.455. The summed E-state index contributed by atoms with van der Waals surface area (Å²) in [6.45, 7) is 7.23. The summed E-state index contributed by atoms with van der Waals surface area (Å²) in [6, 6.07) is 19.9. The highest BCUT2D eigenvalue weighted by atomic mass is 16.6. The first kappa shape index (κ1) is 20.6. The van der Waals surface area contributed by atoms with Gasteiger partial charge in [0.2, 0.25) is 0 Å². The maximum absolute atomic E-state index is 11.0. The Bertz CT molecular complexity index is 613. The number of rotatable bonds is 11. The van der Waals surface area contributed by atoms with Crippen LogP contribution in [0, 0.1) is 0 Å². The number of hydrogen-bond acceptors (Lipinski definition) is 4. The van der Waals surface area contributed by atoms with Gasteiger partial charge in [-0.1, -0.05) is 60.7 Å². The van der Waals surface area contributed by atoms with Crippen LogP contribution in [0.1, 0.15) is 31.9 Å². The van der Waals surface area contributed by atoms with Crippen LogP contribution in [-0.2, 0) is 27.4 Å². The Labute approximate surface area is 156 Å². The van der Waals surface area contributed by atoms with E-state index in [1.54, 1.807) is 6.92 Å². The quantitative estimate of drug-likeness (QED) is 0.660. The predicted molar refractivity (Wildman–Crippen MR) is 103 cm³/mol. The highest BCUT2D eigenvalue weighted by Crippen LogP contribution is 2.23. The van der Waals surface area contributed by atoms with E-state index in [1.807, 2.05) is 74.5 Å². The van der Waals surface area contributed by atoms with Crippen molar-refractivity contribution in [2.75, 3.05) is 13.2 Å². The summed E-state index contributed by atoms with van der Waals surface area (Å²) >= 11 is 0. The van der Waals surface area contributed by atoms with Crippen molar-refractivity contribution < 1.29 is 19.3 Å². The molecule has 0 aliphatic rings. The standard InChI is InChI=1S/C22H30O4/c1-4-25-18(2)22(3,23)21(26-16-20-13-9-6-10-14-20)17-24-15-19-11-7-5-8-12-19/h5-14,18,21,23H,4,15-17H2,1-3H3/t18?,21-,22?/m1/s1. The van der Waals surface area contributed by atoms with Gasteiger partial charge in [-0.15, -0.1) is 0 Å². The highest BCUT2D eigenvalue weighted by Gasteiger charge is 2.39. The molecule has 0 aliphatic carbocycles. The Kier molecular flexibility index (Phi) is 8.26. The summed E-state index contributed by atoms with van der Waals surface area (Å²) in [4.78, 5) is 0. The van der Waals surface area contributed by atoms with E-state index in [0.29, 0.717) is 19.8 Å². The van der Waals surface area contributed by atoms with Crippen LogP contribution in [0.3, 0.4) is 0 Å². The molecule has 142 valence electrons. The summed E-state index contributed by atoms with van der Waals surface area (Å²) in [5, 5.41) is 11.0. The molecule has 3 atom stereocenters. The molecule has 2 aromatic carbocycles. The van der Waals surface area contributed by atoms with E-state index in [1.165, 1.54) is 0 Å². The lowest BCUT2D eigenvalue weighted by Crippen LogP contribution is -2.52. The van der Waals surface area contributed by atoms with Gasteiger partial charge in [-0.3, -0.25) is 0 Å². The molecule has 0 heterocycles. The molecule has 0 saturated carbocycles. The van der Waals surface area contributed by atoms with Crippen molar-refractivity contribution in [3.63, 3.8) is 0 Å². The lowest BCUT2D eigenvalue weighted by molar-refractivity contribution is -0.186. The van der Waals surface area contributed by atoms with Crippen LogP contribution in [0.15, 0.2) is 60.7 Å². The van der Waals surface area contributed by atoms with Crippen LogP contribution in [0.2, 0.25) is 0 Å². The Morgan fingerprint density at radius 3 is 1.96 bits per heavy atom. The molecule has 0 spiro atoms. The van der Waals surface area contributed by atoms with Crippen LogP contribution in [0.4, 0.5) is 0 Å². The van der Waals surface area contributed by atoms with Crippen molar-refractivity contribution in [1.29, 1.82) is 0 Å². The molecule has 0 amide bonds. The molecule has 0 aromatic heterocycles. The van der Waals surface area contributed by atoms with Crippen LogP contribution >= 0.6 is 0 Å². The summed E-state index contributed by atoms with van der Waals surface area (Å²) in [7, 11) is 0. The first-order valence-electron chi connectivity index (χ1n) is 9.15. The minimum Gasteiger partial charge on any atom is -0.385 e.